The highest BCUT2D eigenvalue weighted by molar-refractivity contribution is 5.99. The Hall–Kier alpha value is -3.93. The SMILES string of the molecule is Cc1cccc2oc(Nc3ccc(-c4ccc(C(=O)CC(C)(C)C(=O)O)cc4)cc3)nc12. The zero-order valence-electron chi connectivity index (χ0n) is 18.2. The number of nitrogens with zero attached hydrogens (tertiary/aromatic N) is 1. The van der Waals surface area contributed by atoms with E-state index in [4.69, 9.17) is 4.42 Å². The number of aliphatic carboxylic acids is 1. The van der Waals surface area contributed by atoms with Crippen LogP contribution in [-0.4, -0.2) is 21.8 Å². The van der Waals surface area contributed by atoms with Gasteiger partial charge >= 0.3 is 5.97 Å². The third kappa shape index (κ3) is 4.39. The van der Waals surface area contributed by atoms with E-state index in [0.29, 0.717) is 11.6 Å². The molecule has 4 rings (SSSR count). The predicted molar refractivity (Wildman–Crippen MR) is 124 cm³/mol. The number of carbonyl (C=O) groups is 2. The fourth-order valence-electron chi connectivity index (χ4n) is 3.44. The number of anilines is 2. The third-order valence-electron chi connectivity index (χ3n) is 5.48. The maximum absolute atomic E-state index is 12.4. The zero-order chi connectivity index (χ0) is 22.9. The molecule has 0 saturated heterocycles. The molecule has 0 spiro atoms. The molecule has 0 bridgehead atoms. The van der Waals surface area contributed by atoms with Gasteiger partial charge in [-0.3, -0.25) is 9.59 Å². The van der Waals surface area contributed by atoms with Crippen molar-refractivity contribution in [2.75, 3.05) is 5.32 Å². The van der Waals surface area contributed by atoms with Gasteiger partial charge in [0.25, 0.3) is 6.01 Å². The van der Waals surface area contributed by atoms with Crippen molar-refractivity contribution < 1.29 is 19.1 Å². The van der Waals surface area contributed by atoms with Crippen LogP contribution in [0.15, 0.2) is 71.1 Å². The van der Waals surface area contributed by atoms with E-state index in [0.717, 1.165) is 33.5 Å². The summed E-state index contributed by atoms with van der Waals surface area (Å²) in [6.07, 6.45) is -0.0442. The quantitative estimate of drug-likeness (QED) is 0.339. The summed E-state index contributed by atoms with van der Waals surface area (Å²) in [5.74, 6) is -1.17. The van der Waals surface area contributed by atoms with Crippen LogP contribution in [0, 0.1) is 12.3 Å². The Bertz CT molecular complexity index is 1290. The van der Waals surface area contributed by atoms with Crippen LogP contribution >= 0.6 is 0 Å². The van der Waals surface area contributed by atoms with Gasteiger partial charge in [0.05, 0.1) is 5.41 Å². The fourth-order valence-corrected chi connectivity index (χ4v) is 3.44. The number of carbonyl (C=O) groups excluding carboxylic acids is 1. The molecule has 0 aliphatic heterocycles. The van der Waals surface area contributed by atoms with Gasteiger partial charge in [-0.1, -0.05) is 48.5 Å². The van der Waals surface area contributed by atoms with E-state index in [1.165, 1.54) is 0 Å². The number of Topliss-reactive ketones (excluding diaryl/α,β-unsaturated/α-hetero) is 1. The van der Waals surface area contributed by atoms with E-state index < -0.39 is 11.4 Å². The van der Waals surface area contributed by atoms with Crippen molar-refractivity contribution in [1.82, 2.24) is 4.98 Å². The van der Waals surface area contributed by atoms with Crippen molar-refractivity contribution in [3.8, 4) is 11.1 Å². The molecule has 0 aliphatic carbocycles. The highest BCUT2D eigenvalue weighted by atomic mass is 16.4. The van der Waals surface area contributed by atoms with E-state index in [2.05, 4.69) is 10.3 Å². The highest BCUT2D eigenvalue weighted by Gasteiger charge is 2.30. The molecule has 3 aromatic carbocycles. The van der Waals surface area contributed by atoms with Crippen LogP contribution in [-0.2, 0) is 4.79 Å². The van der Waals surface area contributed by atoms with Gasteiger partial charge in [-0.25, -0.2) is 0 Å². The average molecular weight is 428 g/mol. The number of aromatic nitrogens is 1. The Kier molecular flexibility index (Phi) is 5.53. The topological polar surface area (TPSA) is 92.4 Å². The minimum absolute atomic E-state index is 0.0442. The second kappa shape index (κ2) is 8.30. The van der Waals surface area contributed by atoms with Crippen LogP contribution in [0.2, 0.25) is 0 Å². The second-order valence-electron chi connectivity index (χ2n) is 8.51. The van der Waals surface area contributed by atoms with Crippen LogP contribution in [0.1, 0.15) is 36.2 Å². The van der Waals surface area contributed by atoms with Crippen molar-refractivity contribution in [3.63, 3.8) is 0 Å². The van der Waals surface area contributed by atoms with E-state index in [1.54, 1.807) is 26.0 Å². The van der Waals surface area contributed by atoms with Gasteiger partial charge in [0.15, 0.2) is 11.4 Å². The summed E-state index contributed by atoms with van der Waals surface area (Å²) in [7, 11) is 0. The van der Waals surface area contributed by atoms with E-state index in [1.807, 2.05) is 61.5 Å². The predicted octanol–water partition coefficient (Wildman–Crippen LogP) is 6.23. The lowest BCUT2D eigenvalue weighted by atomic mass is 9.85. The van der Waals surface area contributed by atoms with Crippen molar-refractivity contribution in [2.24, 2.45) is 5.41 Å². The number of benzene rings is 3. The van der Waals surface area contributed by atoms with Crippen molar-refractivity contribution in [2.45, 2.75) is 27.2 Å². The Morgan fingerprint density at radius 1 is 0.969 bits per heavy atom. The van der Waals surface area contributed by atoms with E-state index in [9.17, 15) is 14.7 Å². The summed E-state index contributed by atoms with van der Waals surface area (Å²) in [5.41, 5.74) is 4.86. The van der Waals surface area contributed by atoms with Gasteiger partial charge in [0.2, 0.25) is 0 Å². The number of carboxylic acid groups (broad SMARTS) is 1. The standard InChI is InChI=1S/C26H24N2O4/c1-16-5-4-6-22-23(16)28-25(32-22)27-20-13-11-18(12-14-20)17-7-9-19(10-8-17)21(29)15-26(2,3)24(30)31/h4-14H,15H2,1-3H3,(H,27,28)(H,30,31). The molecule has 1 aromatic heterocycles. The van der Waals surface area contributed by atoms with Crippen LogP contribution < -0.4 is 5.32 Å². The summed E-state index contributed by atoms with van der Waals surface area (Å²) in [6, 6.07) is 21.3. The molecule has 6 heteroatoms. The summed E-state index contributed by atoms with van der Waals surface area (Å²) in [5, 5.41) is 12.4. The number of nitrogens with one attached hydrogen (secondary N) is 1. The molecule has 2 N–H and O–H groups in total. The zero-order valence-corrected chi connectivity index (χ0v) is 18.2. The fraction of sp³-hybridized carbons (Fsp3) is 0.192. The van der Waals surface area contributed by atoms with Gasteiger partial charge in [-0.15, -0.1) is 0 Å². The summed E-state index contributed by atoms with van der Waals surface area (Å²) < 4.78 is 5.76. The highest BCUT2D eigenvalue weighted by Crippen LogP contribution is 2.28. The normalized spacial score (nSPS) is 11.5. The summed E-state index contributed by atoms with van der Waals surface area (Å²) in [6.45, 7) is 5.10. The molecule has 4 aromatic rings. The lowest BCUT2D eigenvalue weighted by Gasteiger charge is -2.17. The molecule has 0 unspecified atom stereocenters. The first-order valence-corrected chi connectivity index (χ1v) is 10.3. The monoisotopic (exact) mass is 428 g/mol. The maximum Gasteiger partial charge on any atom is 0.309 e. The molecule has 0 fully saturated rings. The maximum atomic E-state index is 12.4. The molecule has 0 atom stereocenters. The average Bonchev–Trinajstić information content (AvgIpc) is 3.18. The molecule has 0 radical (unpaired) electrons. The first kappa shape index (κ1) is 21.3. The van der Waals surface area contributed by atoms with Crippen molar-refractivity contribution in [3.05, 3.63) is 77.9 Å². The van der Waals surface area contributed by atoms with Gasteiger partial charge < -0.3 is 14.8 Å². The number of para-hydroxylation sites is 1. The smallest absolute Gasteiger partial charge is 0.309 e. The largest absolute Gasteiger partial charge is 0.481 e. The number of hydrogen-bond donors (Lipinski definition) is 2. The Morgan fingerprint density at radius 3 is 2.19 bits per heavy atom. The number of carboxylic acids is 1. The number of oxazole rings is 1. The number of rotatable bonds is 7. The molecule has 32 heavy (non-hydrogen) atoms. The molecular weight excluding hydrogens is 404 g/mol. The minimum Gasteiger partial charge on any atom is -0.481 e. The number of fused-ring (bicyclic) bond motifs is 1. The molecule has 0 aliphatic rings. The summed E-state index contributed by atoms with van der Waals surface area (Å²) in [4.78, 5) is 28.2. The Labute approximate surface area is 185 Å². The van der Waals surface area contributed by atoms with Crippen LogP contribution in [0.5, 0.6) is 0 Å². The number of hydrogen-bond acceptors (Lipinski definition) is 5. The second-order valence-corrected chi connectivity index (χ2v) is 8.51. The van der Waals surface area contributed by atoms with Crippen molar-refractivity contribution >= 4 is 34.6 Å². The molecule has 1 heterocycles. The Balaban J connectivity index is 1.46. The van der Waals surface area contributed by atoms with Gasteiger partial charge in [-0.05, 0) is 55.7 Å². The molecule has 6 nitrogen and oxygen atoms in total. The third-order valence-corrected chi connectivity index (χ3v) is 5.48. The van der Waals surface area contributed by atoms with Crippen LogP contribution in [0.25, 0.3) is 22.2 Å². The van der Waals surface area contributed by atoms with Crippen molar-refractivity contribution in [1.29, 1.82) is 0 Å². The van der Waals surface area contributed by atoms with E-state index in [-0.39, 0.29) is 12.2 Å². The van der Waals surface area contributed by atoms with Crippen LogP contribution in [0.3, 0.4) is 0 Å². The molecule has 0 saturated carbocycles. The molecule has 0 amide bonds. The van der Waals surface area contributed by atoms with Gasteiger partial charge in [0.1, 0.15) is 5.52 Å². The number of ketones is 1. The van der Waals surface area contributed by atoms with E-state index >= 15 is 0 Å². The summed E-state index contributed by atoms with van der Waals surface area (Å²) >= 11 is 0. The van der Waals surface area contributed by atoms with Gasteiger partial charge in [0, 0.05) is 17.7 Å². The molecule has 162 valence electrons. The van der Waals surface area contributed by atoms with Gasteiger partial charge in [-0.2, -0.15) is 4.98 Å². The number of aryl methyl sites for hydroxylation is 1. The first-order valence-electron chi connectivity index (χ1n) is 10.3. The first-order chi connectivity index (χ1) is 15.2. The molecular formula is C26H24N2O4. The van der Waals surface area contributed by atoms with Crippen LogP contribution in [0.4, 0.5) is 11.7 Å². The Morgan fingerprint density at radius 2 is 1.59 bits per heavy atom. The minimum atomic E-state index is -1.09. The lowest BCUT2D eigenvalue weighted by molar-refractivity contribution is -0.146. The lowest BCUT2D eigenvalue weighted by Crippen LogP contribution is -2.26.